The van der Waals surface area contributed by atoms with E-state index in [4.69, 9.17) is 4.74 Å². The summed E-state index contributed by atoms with van der Waals surface area (Å²) in [4.78, 5) is 29.2. The molecule has 0 fully saturated rings. The van der Waals surface area contributed by atoms with Crippen LogP contribution in [0.15, 0.2) is 54.9 Å². The fourth-order valence-corrected chi connectivity index (χ4v) is 4.54. The Morgan fingerprint density at radius 1 is 0.969 bits per heavy atom. The SMILES string of the molecule is CNCCCn1cc(C2=C(c3c[nH]c4ccccc34)C(=O)NC2=O)c2cccc(OC)c21. The summed E-state index contributed by atoms with van der Waals surface area (Å²) >= 11 is 0. The number of carbonyl (C=O) groups excluding carboxylic acids is 2. The number of rotatable bonds is 7. The Bertz CT molecular complexity index is 1390. The highest BCUT2D eigenvalue weighted by Gasteiger charge is 2.35. The minimum Gasteiger partial charge on any atom is -0.495 e. The molecule has 3 heterocycles. The van der Waals surface area contributed by atoms with Crippen LogP contribution in [0.5, 0.6) is 5.75 Å². The number of para-hydroxylation sites is 2. The molecule has 2 aromatic heterocycles. The highest BCUT2D eigenvalue weighted by molar-refractivity contribution is 6.50. The second kappa shape index (κ2) is 8.01. The minimum absolute atomic E-state index is 0.381. The maximum absolute atomic E-state index is 13.0. The van der Waals surface area contributed by atoms with Crippen LogP contribution in [0.25, 0.3) is 33.0 Å². The molecule has 4 aromatic rings. The van der Waals surface area contributed by atoms with Crippen LogP contribution in [0.1, 0.15) is 17.5 Å². The van der Waals surface area contributed by atoms with Crippen molar-refractivity contribution in [1.29, 1.82) is 0 Å². The number of imide groups is 1. The minimum atomic E-state index is -0.382. The Morgan fingerprint density at radius 2 is 1.72 bits per heavy atom. The van der Waals surface area contributed by atoms with Crippen molar-refractivity contribution in [3.63, 3.8) is 0 Å². The number of hydrogen-bond acceptors (Lipinski definition) is 4. The van der Waals surface area contributed by atoms with Crippen LogP contribution in [0, 0.1) is 0 Å². The summed E-state index contributed by atoms with van der Waals surface area (Å²) in [5.74, 6) is -0.0294. The second-order valence-corrected chi connectivity index (χ2v) is 7.83. The predicted molar refractivity (Wildman–Crippen MR) is 125 cm³/mol. The van der Waals surface area contributed by atoms with Gasteiger partial charge in [0.2, 0.25) is 0 Å². The number of aryl methyl sites for hydroxylation is 1. The molecule has 0 spiro atoms. The van der Waals surface area contributed by atoms with Gasteiger partial charge in [0.15, 0.2) is 0 Å². The number of H-pyrrole nitrogens is 1. The van der Waals surface area contributed by atoms with Crippen molar-refractivity contribution in [3.8, 4) is 5.75 Å². The van der Waals surface area contributed by atoms with Gasteiger partial charge in [-0.15, -0.1) is 0 Å². The van der Waals surface area contributed by atoms with Crippen LogP contribution < -0.4 is 15.4 Å². The summed E-state index contributed by atoms with van der Waals surface area (Å²) in [5.41, 5.74) is 4.07. The predicted octanol–water partition coefficient (Wildman–Crippen LogP) is 3.31. The normalized spacial score (nSPS) is 14.1. The summed E-state index contributed by atoms with van der Waals surface area (Å²) in [6.07, 6.45) is 4.67. The standard InChI is InChI=1S/C25H24N4O3/c1-26-11-6-12-29-14-18(16-8-5-10-20(32-2)23(16)29)22-21(24(30)28-25(22)31)17-13-27-19-9-4-3-7-15(17)19/h3-5,7-10,13-14,26-27H,6,11-12H2,1-2H3,(H,28,30,31). The number of hydrogen-bond donors (Lipinski definition) is 3. The van der Waals surface area contributed by atoms with E-state index in [0.717, 1.165) is 58.2 Å². The van der Waals surface area contributed by atoms with E-state index in [9.17, 15) is 9.59 Å². The number of carbonyl (C=O) groups is 2. The molecule has 1 aliphatic heterocycles. The number of aromatic nitrogens is 2. The van der Waals surface area contributed by atoms with Crippen molar-refractivity contribution in [2.24, 2.45) is 0 Å². The van der Waals surface area contributed by atoms with Crippen molar-refractivity contribution in [3.05, 3.63) is 66.0 Å². The lowest BCUT2D eigenvalue weighted by Gasteiger charge is -2.08. The summed E-state index contributed by atoms with van der Waals surface area (Å²) in [6, 6.07) is 13.5. The maximum Gasteiger partial charge on any atom is 0.259 e. The fourth-order valence-electron chi connectivity index (χ4n) is 4.54. The third kappa shape index (κ3) is 3.09. The molecular formula is C25H24N4O3. The number of amides is 2. The summed E-state index contributed by atoms with van der Waals surface area (Å²) in [6.45, 7) is 1.62. The number of nitrogens with zero attached hydrogens (tertiary/aromatic N) is 1. The molecule has 3 N–H and O–H groups in total. The first-order valence-electron chi connectivity index (χ1n) is 10.6. The van der Waals surface area contributed by atoms with Crippen LogP contribution >= 0.6 is 0 Å². The molecule has 2 aromatic carbocycles. The average molecular weight is 428 g/mol. The van der Waals surface area contributed by atoms with Crippen LogP contribution in [0.2, 0.25) is 0 Å². The zero-order chi connectivity index (χ0) is 22.2. The Hall–Kier alpha value is -3.84. The quantitative estimate of drug-likeness (QED) is 0.311. The van der Waals surface area contributed by atoms with Gasteiger partial charge < -0.3 is 19.6 Å². The first-order valence-corrected chi connectivity index (χ1v) is 10.6. The Morgan fingerprint density at radius 3 is 2.50 bits per heavy atom. The van der Waals surface area contributed by atoms with Crippen molar-refractivity contribution < 1.29 is 14.3 Å². The number of ether oxygens (including phenoxy) is 1. The van der Waals surface area contributed by atoms with Gasteiger partial charge in [0.1, 0.15) is 5.75 Å². The van der Waals surface area contributed by atoms with Gasteiger partial charge in [0.25, 0.3) is 11.8 Å². The van der Waals surface area contributed by atoms with E-state index >= 15 is 0 Å². The smallest absolute Gasteiger partial charge is 0.259 e. The lowest BCUT2D eigenvalue weighted by atomic mass is 9.95. The summed E-state index contributed by atoms with van der Waals surface area (Å²) < 4.78 is 7.74. The first-order chi connectivity index (χ1) is 15.6. The molecule has 5 rings (SSSR count). The maximum atomic E-state index is 13.0. The molecule has 0 bridgehead atoms. The molecular weight excluding hydrogens is 404 g/mol. The average Bonchev–Trinajstić information content (AvgIpc) is 3.46. The van der Waals surface area contributed by atoms with Crippen LogP contribution in [0.4, 0.5) is 0 Å². The van der Waals surface area contributed by atoms with Gasteiger partial charge in [0, 0.05) is 46.4 Å². The largest absolute Gasteiger partial charge is 0.495 e. The Balaban J connectivity index is 1.77. The van der Waals surface area contributed by atoms with E-state index in [1.54, 1.807) is 13.3 Å². The van der Waals surface area contributed by atoms with Crippen LogP contribution in [0.3, 0.4) is 0 Å². The summed E-state index contributed by atoms with van der Waals surface area (Å²) in [7, 11) is 3.56. The van der Waals surface area contributed by atoms with Gasteiger partial charge in [-0.2, -0.15) is 0 Å². The third-order valence-electron chi connectivity index (χ3n) is 5.97. The lowest BCUT2D eigenvalue weighted by Crippen LogP contribution is -2.22. The van der Waals surface area contributed by atoms with E-state index in [0.29, 0.717) is 11.1 Å². The Kier molecular flexibility index (Phi) is 5.03. The fraction of sp³-hybridized carbons (Fsp3) is 0.200. The van der Waals surface area contributed by atoms with Gasteiger partial charge in [-0.05, 0) is 32.1 Å². The van der Waals surface area contributed by atoms with E-state index in [2.05, 4.69) is 20.2 Å². The number of fused-ring (bicyclic) bond motifs is 2. The van der Waals surface area contributed by atoms with Crippen LogP contribution in [-0.4, -0.2) is 42.1 Å². The molecule has 7 heteroatoms. The van der Waals surface area contributed by atoms with Gasteiger partial charge in [0.05, 0.1) is 23.8 Å². The van der Waals surface area contributed by atoms with Crippen molar-refractivity contribution in [1.82, 2.24) is 20.2 Å². The molecule has 32 heavy (non-hydrogen) atoms. The third-order valence-corrected chi connectivity index (χ3v) is 5.97. The topological polar surface area (TPSA) is 88.2 Å². The first kappa shape index (κ1) is 20.1. The van der Waals surface area contributed by atoms with Gasteiger partial charge in [-0.25, -0.2) is 0 Å². The molecule has 7 nitrogen and oxygen atoms in total. The zero-order valence-corrected chi connectivity index (χ0v) is 18.0. The summed E-state index contributed by atoms with van der Waals surface area (Å²) in [5, 5.41) is 7.46. The van der Waals surface area contributed by atoms with E-state index in [1.165, 1.54) is 0 Å². The van der Waals surface area contributed by atoms with E-state index in [-0.39, 0.29) is 11.8 Å². The van der Waals surface area contributed by atoms with Gasteiger partial charge in [-0.1, -0.05) is 30.3 Å². The lowest BCUT2D eigenvalue weighted by molar-refractivity contribution is -0.122. The molecule has 0 radical (unpaired) electrons. The molecule has 0 saturated carbocycles. The molecule has 0 saturated heterocycles. The van der Waals surface area contributed by atoms with E-state index < -0.39 is 0 Å². The molecule has 2 amide bonds. The van der Waals surface area contributed by atoms with Gasteiger partial charge in [-0.3, -0.25) is 14.9 Å². The number of benzene rings is 2. The highest BCUT2D eigenvalue weighted by atomic mass is 16.5. The highest BCUT2D eigenvalue weighted by Crippen LogP contribution is 2.40. The van der Waals surface area contributed by atoms with Crippen molar-refractivity contribution >= 4 is 44.8 Å². The van der Waals surface area contributed by atoms with Crippen LogP contribution in [-0.2, 0) is 16.1 Å². The number of methoxy groups -OCH3 is 1. The molecule has 0 aliphatic carbocycles. The number of nitrogens with one attached hydrogen (secondary N) is 3. The molecule has 162 valence electrons. The molecule has 1 aliphatic rings. The zero-order valence-electron chi connectivity index (χ0n) is 18.0. The second-order valence-electron chi connectivity index (χ2n) is 7.83. The number of aromatic amines is 1. The Labute approximate surface area is 185 Å². The van der Waals surface area contributed by atoms with E-state index in [1.807, 2.05) is 55.7 Å². The van der Waals surface area contributed by atoms with Gasteiger partial charge >= 0.3 is 0 Å². The van der Waals surface area contributed by atoms with Crippen molar-refractivity contribution in [2.45, 2.75) is 13.0 Å². The molecule has 0 unspecified atom stereocenters. The monoisotopic (exact) mass is 428 g/mol. The molecule has 0 atom stereocenters. The van der Waals surface area contributed by atoms with Crippen molar-refractivity contribution in [2.75, 3.05) is 20.7 Å².